The number of thioether (sulfide) groups is 1. The number of rotatable bonds is 1. The van der Waals surface area contributed by atoms with E-state index in [1.54, 1.807) is 12.1 Å². The van der Waals surface area contributed by atoms with Gasteiger partial charge in [0, 0.05) is 0 Å². The van der Waals surface area contributed by atoms with Crippen molar-refractivity contribution in [3.05, 3.63) is 40.1 Å². The van der Waals surface area contributed by atoms with Crippen molar-refractivity contribution < 1.29 is 28.5 Å². The highest BCUT2D eigenvalue weighted by Crippen LogP contribution is 2.33. The summed E-state index contributed by atoms with van der Waals surface area (Å²) in [5.41, 5.74) is 0.701. The minimum Gasteiger partial charge on any atom is -0.459 e. The summed E-state index contributed by atoms with van der Waals surface area (Å²) in [6, 6.07) is 8.96. The molecule has 0 aliphatic carbocycles. The van der Waals surface area contributed by atoms with Crippen LogP contribution >= 0.6 is 34.4 Å². The molecular weight excluding hydrogens is 472 g/mol. The number of cyclic esters (lactones) is 2. The first-order valence-electron chi connectivity index (χ1n) is 9.77. The predicted octanol–water partition coefficient (Wildman–Crippen LogP) is 4.02. The van der Waals surface area contributed by atoms with E-state index in [4.69, 9.17) is 18.9 Å². The van der Waals surface area contributed by atoms with Crippen LogP contribution in [0, 0.1) is 0 Å². The van der Waals surface area contributed by atoms with Gasteiger partial charge in [0.05, 0.1) is 41.9 Å². The number of esters is 2. The number of nitrogens with zero attached hydrogens (tertiary/aromatic N) is 2. The van der Waals surface area contributed by atoms with Gasteiger partial charge in [-0.2, -0.15) is 0 Å². The lowest BCUT2D eigenvalue weighted by Crippen LogP contribution is -2.14. The van der Waals surface area contributed by atoms with Gasteiger partial charge in [-0.15, -0.1) is 34.4 Å². The molecule has 0 saturated heterocycles. The number of carbonyl (C=O) groups is 2. The molecule has 0 saturated carbocycles. The van der Waals surface area contributed by atoms with Crippen molar-refractivity contribution in [3.63, 3.8) is 0 Å². The van der Waals surface area contributed by atoms with Crippen LogP contribution in [0.25, 0.3) is 21.3 Å². The summed E-state index contributed by atoms with van der Waals surface area (Å²) >= 11 is 4.07. The molecule has 1 aliphatic heterocycles. The van der Waals surface area contributed by atoms with Crippen LogP contribution in [-0.4, -0.2) is 67.8 Å². The van der Waals surface area contributed by atoms with Gasteiger partial charge in [0.1, 0.15) is 28.0 Å². The number of hydrogen-bond donors (Lipinski definition) is 0. The van der Waals surface area contributed by atoms with Crippen molar-refractivity contribution in [2.75, 3.05) is 45.9 Å². The largest absolute Gasteiger partial charge is 0.459 e. The first kappa shape index (κ1) is 22.9. The number of fused-ring (bicyclic) bond motifs is 8. The maximum atomic E-state index is 12.3. The van der Waals surface area contributed by atoms with E-state index in [-0.39, 0.29) is 26.4 Å². The van der Waals surface area contributed by atoms with Crippen molar-refractivity contribution >= 4 is 46.4 Å². The van der Waals surface area contributed by atoms with Gasteiger partial charge < -0.3 is 18.9 Å². The molecule has 0 atom stereocenters. The first-order chi connectivity index (χ1) is 15.6. The SMILES string of the molecule is CSc1cc2nc(n1)-c1ccc(s1)C(=O)OCCOCCOCCOC(=O)c1ccc-2s1. The van der Waals surface area contributed by atoms with Crippen molar-refractivity contribution in [1.82, 2.24) is 9.97 Å². The monoisotopic (exact) mass is 492 g/mol. The molecule has 0 amide bonds. The molecule has 3 aromatic heterocycles. The van der Waals surface area contributed by atoms with Crippen LogP contribution in [0.3, 0.4) is 0 Å². The Balaban J connectivity index is 1.64. The third-order valence-electron chi connectivity index (χ3n) is 4.29. The Labute approximate surface area is 196 Å². The maximum absolute atomic E-state index is 12.3. The fraction of sp³-hybridized carbons (Fsp3) is 0.333. The molecule has 6 bridgehead atoms. The van der Waals surface area contributed by atoms with Crippen LogP contribution in [-0.2, 0) is 18.9 Å². The van der Waals surface area contributed by atoms with Gasteiger partial charge >= 0.3 is 11.9 Å². The van der Waals surface area contributed by atoms with E-state index in [1.807, 2.05) is 24.5 Å². The third-order valence-corrected chi connectivity index (χ3v) is 7.07. The molecule has 0 spiro atoms. The van der Waals surface area contributed by atoms with Crippen LogP contribution in [0.15, 0.2) is 35.4 Å². The average molecular weight is 493 g/mol. The van der Waals surface area contributed by atoms with Crippen molar-refractivity contribution in [1.29, 1.82) is 0 Å². The van der Waals surface area contributed by atoms with E-state index in [0.29, 0.717) is 34.5 Å². The minimum absolute atomic E-state index is 0.146. The molecule has 11 heteroatoms. The quantitative estimate of drug-likeness (QED) is 0.283. The normalized spacial score (nSPS) is 16.0. The van der Waals surface area contributed by atoms with Gasteiger partial charge in [0.15, 0.2) is 5.82 Å². The fourth-order valence-corrected chi connectivity index (χ4v) is 4.87. The molecule has 0 aromatic carbocycles. The summed E-state index contributed by atoms with van der Waals surface area (Å²) in [7, 11) is 0. The Bertz CT molecular complexity index is 1020. The van der Waals surface area contributed by atoms with Crippen LogP contribution in [0.1, 0.15) is 19.3 Å². The Morgan fingerprint density at radius 1 is 0.750 bits per heavy atom. The highest BCUT2D eigenvalue weighted by atomic mass is 32.2. The summed E-state index contributed by atoms with van der Waals surface area (Å²) < 4.78 is 21.3. The molecule has 0 N–H and O–H groups in total. The summed E-state index contributed by atoms with van der Waals surface area (Å²) in [6.45, 7) is 1.55. The molecule has 4 heterocycles. The predicted molar refractivity (Wildman–Crippen MR) is 123 cm³/mol. The summed E-state index contributed by atoms with van der Waals surface area (Å²) in [4.78, 5) is 36.5. The van der Waals surface area contributed by atoms with Crippen LogP contribution < -0.4 is 0 Å². The molecule has 0 radical (unpaired) electrons. The number of aromatic nitrogens is 2. The van der Waals surface area contributed by atoms with Gasteiger partial charge in [0.2, 0.25) is 0 Å². The second-order valence-electron chi connectivity index (χ2n) is 6.44. The summed E-state index contributed by atoms with van der Waals surface area (Å²) in [5, 5.41) is 0.785. The highest BCUT2D eigenvalue weighted by Gasteiger charge is 2.17. The zero-order valence-electron chi connectivity index (χ0n) is 17.2. The second-order valence-corrected chi connectivity index (χ2v) is 9.44. The van der Waals surface area contributed by atoms with Gasteiger partial charge in [-0.05, 0) is 36.6 Å². The average Bonchev–Trinajstić information content (AvgIpc) is 3.49. The third kappa shape index (κ3) is 5.73. The topological polar surface area (TPSA) is 96.8 Å². The lowest BCUT2D eigenvalue weighted by Gasteiger charge is -2.07. The van der Waals surface area contributed by atoms with Gasteiger partial charge in [-0.3, -0.25) is 0 Å². The number of ether oxygens (including phenoxy) is 4. The molecule has 168 valence electrons. The number of thiophene rings is 2. The zero-order valence-corrected chi connectivity index (χ0v) is 19.6. The lowest BCUT2D eigenvalue weighted by atomic mass is 10.3. The van der Waals surface area contributed by atoms with Gasteiger partial charge in [-0.25, -0.2) is 19.6 Å². The van der Waals surface area contributed by atoms with Crippen molar-refractivity contribution in [2.45, 2.75) is 5.03 Å². The van der Waals surface area contributed by atoms with E-state index in [2.05, 4.69) is 9.97 Å². The highest BCUT2D eigenvalue weighted by molar-refractivity contribution is 7.98. The molecule has 0 unspecified atom stereocenters. The van der Waals surface area contributed by atoms with E-state index >= 15 is 0 Å². The lowest BCUT2D eigenvalue weighted by molar-refractivity contribution is 0.00256. The van der Waals surface area contributed by atoms with E-state index in [9.17, 15) is 9.59 Å². The summed E-state index contributed by atoms with van der Waals surface area (Å²) in [6.07, 6.45) is 1.93. The molecular formula is C21H20N2O6S3. The molecule has 3 aromatic rings. The van der Waals surface area contributed by atoms with E-state index < -0.39 is 11.9 Å². The zero-order chi connectivity index (χ0) is 22.3. The smallest absolute Gasteiger partial charge is 0.348 e. The fourth-order valence-electron chi connectivity index (χ4n) is 2.77. The van der Waals surface area contributed by atoms with Gasteiger partial charge in [0.25, 0.3) is 0 Å². The molecule has 1 aliphatic rings. The van der Waals surface area contributed by atoms with Crippen LogP contribution in [0.2, 0.25) is 0 Å². The van der Waals surface area contributed by atoms with Gasteiger partial charge in [-0.1, -0.05) is 0 Å². The van der Waals surface area contributed by atoms with Crippen LogP contribution in [0.4, 0.5) is 0 Å². The van der Waals surface area contributed by atoms with E-state index in [1.165, 1.54) is 34.4 Å². The Morgan fingerprint density at radius 3 is 1.91 bits per heavy atom. The molecule has 4 rings (SSSR count). The molecule has 8 nitrogen and oxygen atoms in total. The first-order valence-corrected chi connectivity index (χ1v) is 12.6. The van der Waals surface area contributed by atoms with Crippen molar-refractivity contribution in [2.24, 2.45) is 0 Å². The summed E-state index contributed by atoms with van der Waals surface area (Å²) in [5.74, 6) is -0.295. The maximum Gasteiger partial charge on any atom is 0.348 e. The number of hydrogen-bond acceptors (Lipinski definition) is 11. The molecule has 0 fully saturated rings. The second kappa shape index (κ2) is 11.0. The van der Waals surface area contributed by atoms with Crippen molar-refractivity contribution in [3.8, 4) is 21.3 Å². The minimum atomic E-state index is -0.410. The Hall–Kier alpha value is -2.31. The molecule has 32 heavy (non-hydrogen) atoms. The Kier molecular flexibility index (Phi) is 7.87. The van der Waals surface area contributed by atoms with E-state index in [0.717, 1.165) is 14.8 Å². The Morgan fingerprint density at radius 2 is 1.28 bits per heavy atom. The number of carbonyl (C=O) groups excluding carboxylic acids is 2. The standard InChI is InChI=1S/C21H20N2O6S3/c1-30-18-12-13-14-2-4-16(31-14)20(24)28-10-8-26-6-7-27-9-11-29-21(25)17-5-3-15(32-17)19(22-13)23-18/h2-5,12H,6-11H2,1H3. The van der Waals surface area contributed by atoms with Crippen LogP contribution in [0.5, 0.6) is 0 Å².